The number of hydrogen-bond donors (Lipinski definition) is 1. The second-order valence-corrected chi connectivity index (χ2v) is 7.41. The predicted molar refractivity (Wildman–Crippen MR) is 95.1 cm³/mol. The first-order valence-corrected chi connectivity index (χ1v) is 9.09. The van der Waals surface area contributed by atoms with Crippen molar-refractivity contribution in [2.75, 3.05) is 13.1 Å². The highest BCUT2D eigenvalue weighted by Crippen LogP contribution is 2.29. The van der Waals surface area contributed by atoms with Gasteiger partial charge in [-0.25, -0.2) is 9.18 Å². The van der Waals surface area contributed by atoms with Crippen LogP contribution in [-0.2, 0) is 0 Å². The molecule has 26 heavy (non-hydrogen) atoms. The van der Waals surface area contributed by atoms with Gasteiger partial charge in [-0.2, -0.15) is 5.10 Å². The lowest BCUT2D eigenvalue weighted by Gasteiger charge is -2.31. The summed E-state index contributed by atoms with van der Waals surface area (Å²) in [6, 6.07) is 6.35. The molecule has 1 amide bonds. The van der Waals surface area contributed by atoms with Crippen LogP contribution in [0.3, 0.4) is 0 Å². The number of carboxylic acids is 1. The van der Waals surface area contributed by atoms with Crippen LogP contribution in [0.5, 0.6) is 0 Å². The third-order valence-corrected chi connectivity index (χ3v) is 5.77. The van der Waals surface area contributed by atoms with Gasteiger partial charge in [0, 0.05) is 24.0 Å². The number of piperidine rings is 1. The molecule has 0 atom stereocenters. The van der Waals surface area contributed by atoms with E-state index in [4.69, 9.17) is 5.11 Å². The lowest BCUT2D eigenvalue weighted by atomic mass is 10.1. The average molecular weight is 373 g/mol. The second kappa shape index (κ2) is 6.53. The molecule has 1 N–H and O–H groups in total. The summed E-state index contributed by atoms with van der Waals surface area (Å²) in [7, 11) is 0. The number of carboxylic acid groups (broad SMARTS) is 1. The number of nitrogens with zero attached hydrogens (tertiary/aromatic N) is 3. The van der Waals surface area contributed by atoms with E-state index in [2.05, 4.69) is 5.10 Å². The van der Waals surface area contributed by atoms with Crippen molar-refractivity contribution in [2.24, 2.45) is 0 Å². The van der Waals surface area contributed by atoms with Crippen molar-refractivity contribution in [3.63, 3.8) is 0 Å². The molecule has 4 rings (SSSR count). The van der Waals surface area contributed by atoms with Crippen LogP contribution in [0.4, 0.5) is 4.39 Å². The number of amides is 1. The molecule has 2 aromatic heterocycles. The fourth-order valence-corrected chi connectivity index (χ4v) is 4.27. The van der Waals surface area contributed by atoms with E-state index in [-0.39, 0.29) is 23.3 Å². The van der Waals surface area contributed by atoms with Gasteiger partial charge in [0.1, 0.15) is 5.82 Å². The molecule has 1 aromatic carbocycles. The lowest BCUT2D eigenvalue weighted by molar-refractivity contribution is 0.0692. The molecule has 0 saturated carbocycles. The van der Waals surface area contributed by atoms with E-state index >= 15 is 0 Å². The van der Waals surface area contributed by atoms with Crippen LogP contribution in [-0.4, -0.2) is 44.8 Å². The topological polar surface area (TPSA) is 75.4 Å². The maximum atomic E-state index is 13.3. The van der Waals surface area contributed by atoms with Gasteiger partial charge in [-0.3, -0.25) is 9.48 Å². The van der Waals surface area contributed by atoms with Crippen molar-refractivity contribution in [3.05, 3.63) is 52.9 Å². The maximum Gasteiger partial charge on any atom is 0.338 e. The summed E-state index contributed by atoms with van der Waals surface area (Å²) in [5, 5.41) is 13.9. The first-order valence-electron chi connectivity index (χ1n) is 8.27. The van der Waals surface area contributed by atoms with Crippen molar-refractivity contribution < 1.29 is 19.1 Å². The van der Waals surface area contributed by atoms with Crippen LogP contribution in [0.1, 0.15) is 38.9 Å². The van der Waals surface area contributed by atoms with Gasteiger partial charge in [0.05, 0.1) is 22.7 Å². The first kappa shape index (κ1) is 16.7. The summed E-state index contributed by atoms with van der Waals surface area (Å²) >= 11 is 1.37. The molecule has 0 unspecified atom stereocenters. The van der Waals surface area contributed by atoms with Gasteiger partial charge in [-0.1, -0.05) is 0 Å². The molecule has 0 aliphatic carbocycles. The van der Waals surface area contributed by atoms with Crippen molar-refractivity contribution in [3.8, 4) is 0 Å². The van der Waals surface area contributed by atoms with Gasteiger partial charge >= 0.3 is 5.97 Å². The number of fused-ring (bicyclic) bond motifs is 1. The third kappa shape index (κ3) is 3.08. The number of likely N-dealkylation sites (tertiary alicyclic amines) is 1. The summed E-state index contributed by atoms with van der Waals surface area (Å²) in [5.41, 5.74) is 0.168. The van der Waals surface area contributed by atoms with Gasteiger partial charge < -0.3 is 10.0 Å². The maximum absolute atomic E-state index is 13.3. The minimum absolute atomic E-state index is 0.0447. The Morgan fingerprint density at radius 3 is 2.69 bits per heavy atom. The SMILES string of the molecule is O=C(O)c1cnn(C2CCN(C(=O)c3cc4cc(F)ccc4s3)CC2)c1. The summed E-state index contributed by atoms with van der Waals surface area (Å²) in [5.74, 6) is -1.35. The van der Waals surface area contributed by atoms with Crippen LogP contribution >= 0.6 is 11.3 Å². The average Bonchev–Trinajstić information content (AvgIpc) is 3.28. The van der Waals surface area contributed by atoms with Gasteiger partial charge in [-0.15, -0.1) is 11.3 Å². The van der Waals surface area contributed by atoms with Gasteiger partial charge in [-0.05, 0) is 42.5 Å². The van der Waals surface area contributed by atoms with Crippen LogP contribution in [0.15, 0.2) is 36.7 Å². The summed E-state index contributed by atoms with van der Waals surface area (Å²) in [6.45, 7) is 1.16. The Morgan fingerprint density at radius 1 is 1.23 bits per heavy atom. The fraction of sp³-hybridized carbons (Fsp3) is 0.278. The summed E-state index contributed by atoms with van der Waals surface area (Å²) in [6.07, 6.45) is 4.30. The number of aromatic carboxylic acids is 1. The largest absolute Gasteiger partial charge is 0.478 e. The molecule has 134 valence electrons. The van der Waals surface area contributed by atoms with E-state index in [0.717, 1.165) is 10.1 Å². The van der Waals surface area contributed by atoms with Crippen LogP contribution in [0.25, 0.3) is 10.1 Å². The van der Waals surface area contributed by atoms with Crippen LogP contribution in [0.2, 0.25) is 0 Å². The van der Waals surface area contributed by atoms with E-state index in [1.54, 1.807) is 21.7 Å². The minimum Gasteiger partial charge on any atom is -0.478 e. The molecule has 1 aliphatic rings. The van der Waals surface area contributed by atoms with E-state index in [9.17, 15) is 14.0 Å². The highest BCUT2D eigenvalue weighted by molar-refractivity contribution is 7.20. The Balaban J connectivity index is 1.44. The number of hydrogen-bond acceptors (Lipinski definition) is 4. The molecule has 3 heterocycles. The normalized spacial score (nSPS) is 15.5. The van der Waals surface area contributed by atoms with E-state index in [1.165, 1.54) is 35.9 Å². The third-order valence-electron chi connectivity index (χ3n) is 4.66. The molecule has 1 aliphatic heterocycles. The molecule has 1 saturated heterocycles. The number of carbonyl (C=O) groups is 2. The molecule has 0 bridgehead atoms. The lowest BCUT2D eigenvalue weighted by Crippen LogP contribution is -2.38. The van der Waals surface area contributed by atoms with Crippen molar-refractivity contribution in [1.82, 2.24) is 14.7 Å². The Morgan fingerprint density at radius 2 is 2.00 bits per heavy atom. The highest BCUT2D eigenvalue weighted by atomic mass is 32.1. The van der Waals surface area contributed by atoms with Crippen LogP contribution in [0, 0.1) is 5.82 Å². The Hall–Kier alpha value is -2.74. The first-order chi connectivity index (χ1) is 12.5. The van der Waals surface area contributed by atoms with Gasteiger partial charge in [0.15, 0.2) is 0 Å². The van der Waals surface area contributed by atoms with Gasteiger partial charge in [0.2, 0.25) is 0 Å². The Kier molecular flexibility index (Phi) is 4.20. The Labute approximate surface area is 152 Å². The molecular weight excluding hydrogens is 357 g/mol. The highest BCUT2D eigenvalue weighted by Gasteiger charge is 2.26. The molecular formula is C18H16FN3O3S. The number of rotatable bonds is 3. The minimum atomic E-state index is -0.995. The number of halogens is 1. The number of thiophene rings is 1. The quantitative estimate of drug-likeness (QED) is 0.763. The molecule has 6 nitrogen and oxygen atoms in total. The van der Waals surface area contributed by atoms with E-state index in [1.807, 2.05) is 0 Å². The molecule has 3 aromatic rings. The summed E-state index contributed by atoms with van der Waals surface area (Å²) in [4.78, 5) is 26.1. The second-order valence-electron chi connectivity index (χ2n) is 6.33. The molecule has 8 heteroatoms. The zero-order chi connectivity index (χ0) is 18.3. The molecule has 1 fully saturated rings. The number of benzene rings is 1. The van der Waals surface area contributed by atoms with Crippen molar-refractivity contribution in [1.29, 1.82) is 0 Å². The smallest absolute Gasteiger partial charge is 0.338 e. The fourth-order valence-electron chi connectivity index (χ4n) is 3.26. The Bertz CT molecular complexity index is 989. The molecule has 0 radical (unpaired) electrons. The van der Waals surface area contributed by atoms with Crippen molar-refractivity contribution >= 4 is 33.3 Å². The zero-order valence-corrected chi connectivity index (χ0v) is 14.6. The number of aromatic nitrogens is 2. The standard InChI is InChI=1S/C18H16FN3O3S/c19-13-1-2-15-11(7-13)8-16(26-15)17(23)21-5-3-14(4-6-21)22-10-12(9-20-22)18(24)25/h1-2,7-10,14H,3-6H2,(H,24,25). The monoisotopic (exact) mass is 373 g/mol. The van der Waals surface area contributed by atoms with E-state index in [0.29, 0.717) is 30.8 Å². The number of carbonyl (C=O) groups excluding carboxylic acids is 1. The van der Waals surface area contributed by atoms with Gasteiger partial charge in [0.25, 0.3) is 5.91 Å². The summed E-state index contributed by atoms with van der Waals surface area (Å²) < 4.78 is 15.9. The van der Waals surface area contributed by atoms with Crippen molar-refractivity contribution in [2.45, 2.75) is 18.9 Å². The zero-order valence-electron chi connectivity index (χ0n) is 13.8. The van der Waals surface area contributed by atoms with Crippen LogP contribution < -0.4 is 0 Å². The predicted octanol–water partition coefficient (Wildman–Crippen LogP) is 3.41. The molecule has 0 spiro atoms. The van der Waals surface area contributed by atoms with E-state index < -0.39 is 5.97 Å².